The van der Waals surface area contributed by atoms with E-state index in [4.69, 9.17) is 5.11 Å². The lowest BCUT2D eigenvalue weighted by Crippen LogP contribution is -2.45. The minimum absolute atomic E-state index is 0.299. The molecule has 0 aromatic rings. The first-order chi connectivity index (χ1) is 9.70. The van der Waals surface area contributed by atoms with Crippen molar-refractivity contribution in [2.75, 3.05) is 19.7 Å². The molecule has 0 bridgehead atoms. The van der Waals surface area contributed by atoms with Crippen LogP contribution in [0.15, 0.2) is 0 Å². The summed E-state index contributed by atoms with van der Waals surface area (Å²) in [4.78, 5) is 24.0. The predicted octanol–water partition coefficient (Wildman–Crippen LogP) is 1.79. The van der Waals surface area contributed by atoms with Crippen LogP contribution in [0.1, 0.15) is 38.5 Å². The Morgan fingerprint density at radius 2 is 1.71 bits per heavy atom. The highest BCUT2D eigenvalue weighted by Crippen LogP contribution is 2.40. The number of nitrogens with zero attached hydrogens (tertiary/aromatic N) is 1. The van der Waals surface area contributed by atoms with Crippen LogP contribution in [0.25, 0.3) is 0 Å². The molecule has 2 N–H and O–H groups in total. The number of aliphatic carboxylic acids is 1. The summed E-state index contributed by atoms with van der Waals surface area (Å²) in [6.07, 6.45) is -2.25. The number of aliphatic hydroxyl groups is 1. The van der Waals surface area contributed by atoms with Crippen molar-refractivity contribution >= 4 is 11.9 Å². The number of alkyl halides is 3. The number of hydrogen-bond acceptors (Lipinski definition) is 3. The van der Waals surface area contributed by atoms with Crippen molar-refractivity contribution in [3.8, 4) is 0 Å². The van der Waals surface area contributed by atoms with Gasteiger partial charge in [-0.25, -0.2) is 0 Å². The average Bonchev–Trinajstić information content (AvgIpc) is 2.37. The summed E-state index contributed by atoms with van der Waals surface area (Å²) in [5.41, 5.74) is -1.27. The Labute approximate surface area is 120 Å². The zero-order valence-corrected chi connectivity index (χ0v) is 11.7. The van der Waals surface area contributed by atoms with Crippen LogP contribution in [0, 0.1) is 5.41 Å². The van der Waals surface area contributed by atoms with E-state index in [-0.39, 0.29) is 0 Å². The van der Waals surface area contributed by atoms with Gasteiger partial charge in [-0.05, 0) is 12.8 Å². The zero-order valence-electron chi connectivity index (χ0n) is 11.7. The van der Waals surface area contributed by atoms with Crippen LogP contribution in [0.5, 0.6) is 0 Å². The number of carbonyl (C=O) groups is 2. The van der Waals surface area contributed by atoms with Crippen LogP contribution in [-0.4, -0.2) is 52.9 Å². The molecule has 122 valence electrons. The highest BCUT2D eigenvalue weighted by molar-refractivity contribution is 5.85. The van der Waals surface area contributed by atoms with Gasteiger partial charge in [0, 0.05) is 13.0 Å². The van der Waals surface area contributed by atoms with E-state index >= 15 is 0 Å². The summed E-state index contributed by atoms with van der Waals surface area (Å²) in [7, 11) is 0. The second-order valence-corrected chi connectivity index (χ2v) is 5.48. The third kappa shape index (κ3) is 5.18. The van der Waals surface area contributed by atoms with Gasteiger partial charge < -0.3 is 15.1 Å². The topological polar surface area (TPSA) is 77.8 Å². The van der Waals surface area contributed by atoms with Gasteiger partial charge in [-0.1, -0.05) is 19.3 Å². The van der Waals surface area contributed by atoms with Crippen LogP contribution in [0.2, 0.25) is 0 Å². The first kappa shape index (κ1) is 17.7. The molecule has 0 unspecified atom stereocenters. The molecule has 1 saturated carbocycles. The second-order valence-electron chi connectivity index (χ2n) is 5.48. The van der Waals surface area contributed by atoms with E-state index in [1.807, 2.05) is 0 Å². The molecule has 1 aliphatic carbocycles. The molecule has 1 amide bonds. The summed E-state index contributed by atoms with van der Waals surface area (Å²) in [6.45, 7) is -2.52. The molecule has 1 aliphatic rings. The average molecular weight is 311 g/mol. The van der Waals surface area contributed by atoms with Gasteiger partial charge in [0.15, 0.2) is 0 Å². The number of rotatable bonds is 6. The Bertz CT molecular complexity index is 378. The quantitative estimate of drug-likeness (QED) is 0.784. The van der Waals surface area contributed by atoms with Crippen molar-refractivity contribution in [1.82, 2.24) is 4.90 Å². The number of hydrogen-bond donors (Lipinski definition) is 2. The van der Waals surface area contributed by atoms with Crippen LogP contribution in [-0.2, 0) is 9.59 Å². The van der Waals surface area contributed by atoms with E-state index < -0.39 is 49.6 Å². The number of halogens is 3. The normalized spacial score (nSPS) is 18.3. The third-order valence-corrected chi connectivity index (χ3v) is 3.85. The maximum Gasteiger partial charge on any atom is 0.406 e. The number of carboxylic acids is 1. The first-order valence-corrected chi connectivity index (χ1v) is 6.89. The molecule has 0 aromatic carbocycles. The van der Waals surface area contributed by atoms with Crippen molar-refractivity contribution < 1.29 is 33.0 Å². The fraction of sp³-hybridized carbons (Fsp3) is 0.846. The number of carbonyl (C=O) groups excluding carboxylic acids is 1. The first-order valence-electron chi connectivity index (χ1n) is 6.89. The lowest BCUT2D eigenvalue weighted by Gasteiger charge is -2.34. The maximum atomic E-state index is 12.4. The van der Waals surface area contributed by atoms with E-state index in [9.17, 15) is 27.9 Å². The standard InChI is InChI=1S/C13H20F3NO4/c14-13(15,16)9-17(6-7-18)10(19)8-12(11(20)21)4-2-1-3-5-12/h18H,1-9H2,(H,20,21). The smallest absolute Gasteiger partial charge is 0.406 e. The van der Waals surface area contributed by atoms with Crippen LogP contribution in [0.4, 0.5) is 13.2 Å². The van der Waals surface area contributed by atoms with Gasteiger partial charge >= 0.3 is 12.1 Å². The van der Waals surface area contributed by atoms with E-state index in [2.05, 4.69) is 0 Å². The molecule has 0 aromatic heterocycles. The molecular formula is C13H20F3NO4. The number of carboxylic acid groups (broad SMARTS) is 1. The molecule has 21 heavy (non-hydrogen) atoms. The highest BCUT2D eigenvalue weighted by atomic mass is 19.4. The van der Waals surface area contributed by atoms with Crippen molar-refractivity contribution in [3.63, 3.8) is 0 Å². The van der Waals surface area contributed by atoms with Crippen molar-refractivity contribution in [2.45, 2.75) is 44.7 Å². The largest absolute Gasteiger partial charge is 0.481 e. The number of aliphatic hydroxyl groups excluding tert-OH is 1. The maximum absolute atomic E-state index is 12.4. The molecule has 0 heterocycles. The summed E-state index contributed by atoms with van der Waals surface area (Å²) >= 11 is 0. The lowest BCUT2D eigenvalue weighted by atomic mass is 9.71. The Morgan fingerprint density at radius 1 is 1.14 bits per heavy atom. The summed E-state index contributed by atoms with van der Waals surface area (Å²) < 4.78 is 37.3. The molecule has 8 heteroatoms. The Hall–Kier alpha value is -1.31. The molecule has 0 radical (unpaired) electrons. The second kappa shape index (κ2) is 7.11. The van der Waals surface area contributed by atoms with Gasteiger partial charge in [-0.15, -0.1) is 0 Å². The summed E-state index contributed by atoms with van der Waals surface area (Å²) in [5, 5.41) is 18.1. The van der Waals surface area contributed by atoms with E-state index in [1.165, 1.54) is 0 Å². The van der Waals surface area contributed by atoms with Crippen LogP contribution >= 0.6 is 0 Å². The van der Waals surface area contributed by atoms with E-state index in [0.717, 1.165) is 6.42 Å². The fourth-order valence-corrected chi connectivity index (χ4v) is 2.73. The summed E-state index contributed by atoms with van der Waals surface area (Å²) in [5.74, 6) is -2.00. The summed E-state index contributed by atoms with van der Waals surface area (Å²) in [6, 6.07) is 0. The van der Waals surface area contributed by atoms with Gasteiger partial charge in [-0.2, -0.15) is 13.2 Å². The highest BCUT2D eigenvalue weighted by Gasteiger charge is 2.43. The monoisotopic (exact) mass is 311 g/mol. The molecule has 0 spiro atoms. The van der Waals surface area contributed by atoms with Gasteiger partial charge in [0.1, 0.15) is 6.54 Å². The van der Waals surface area contributed by atoms with Gasteiger partial charge in [0.2, 0.25) is 5.91 Å². The van der Waals surface area contributed by atoms with Crippen LogP contribution in [0.3, 0.4) is 0 Å². The van der Waals surface area contributed by atoms with Crippen molar-refractivity contribution in [1.29, 1.82) is 0 Å². The Kier molecular flexibility index (Phi) is 6.00. The Morgan fingerprint density at radius 3 is 2.14 bits per heavy atom. The van der Waals surface area contributed by atoms with E-state index in [0.29, 0.717) is 30.6 Å². The third-order valence-electron chi connectivity index (χ3n) is 3.85. The van der Waals surface area contributed by atoms with Gasteiger partial charge in [0.25, 0.3) is 0 Å². The molecular weight excluding hydrogens is 291 g/mol. The van der Waals surface area contributed by atoms with E-state index in [1.54, 1.807) is 0 Å². The molecule has 0 atom stereocenters. The Balaban J connectivity index is 2.80. The zero-order chi connectivity index (χ0) is 16.1. The van der Waals surface area contributed by atoms with Crippen molar-refractivity contribution in [2.24, 2.45) is 5.41 Å². The van der Waals surface area contributed by atoms with Crippen LogP contribution < -0.4 is 0 Å². The fourth-order valence-electron chi connectivity index (χ4n) is 2.73. The van der Waals surface area contributed by atoms with Crippen molar-refractivity contribution in [3.05, 3.63) is 0 Å². The minimum Gasteiger partial charge on any atom is -0.481 e. The van der Waals surface area contributed by atoms with Gasteiger partial charge in [-0.3, -0.25) is 9.59 Å². The SMILES string of the molecule is O=C(CC1(C(=O)O)CCCCC1)N(CCO)CC(F)(F)F. The molecule has 0 saturated heterocycles. The minimum atomic E-state index is -4.58. The predicted molar refractivity (Wildman–Crippen MR) is 67.5 cm³/mol. The van der Waals surface area contributed by atoms with Gasteiger partial charge in [0.05, 0.1) is 12.0 Å². The molecule has 1 fully saturated rings. The lowest BCUT2D eigenvalue weighted by molar-refractivity contribution is -0.167. The molecule has 0 aliphatic heterocycles. The number of amides is 1. The molecule has 5 nitrogen and oxygen atoms in total. The molecule has 1 rings (SSSR count).